The third kappa shape index (κ3) is 2.68. The van der Waals surface area contributed by atoms with Crippen LogP contribution in [-0.4, -0.2) is 35.3 Å². The number of esters is 1. The summed E-state index contributed by atoms with van der Waals surface area (Å²) in [5.41, 5.74) is 0. The predicted molar refractivity (Wildman–Crippen MR) is 48.1 cm³/mol. The summed E-state index contributed by atoms with van der Waals surface area (Å²) in [6.45, 7) is 2.71. The molecule has 0 bridgehead atoms. The van der Waals surface area contributed by atoms with E-state index in [0.717, 1.165) is 12.2 Å². The zero-order valence-electron chi connectivity index (χ0n) is 7.16. The SMILES string of the molecule is CC(CO)CSC1CCOC1=O. The van der Waals surface area contributed by atoms with Crippen LogP contribution in [0.4, 0.5) is 0 Å². The molecule has 3 nitrogen and oxygen atoms in total. The minimum Gasteiger partial charge on any atom is -0.465 e. The highest BCUT2D eigenvalue weighted by Crippen LogP contribution is 2.23. The van der Waals surface area contributed by atoms with E-state index >= 15 is 0 Å². The fourth-order valence-electron chi connectivity index (χ4n) is 0.962. The van der Waals surface area contributed by atoms with Crippen LogP contribution in [0.25, 0.3) is 0 Å². The van der Waals surface area contributed by atoms with Gasteiger partial charge < -0.3 is 9.84 Å². The van der Waals surface area contributed by atoms with E-state index in [1.165, 1.54) is 0 Å². The average molecular weight is 190 g/mol. The molecular formula is C8H14O3S. The molecule has 0 amide bonds. The molecule has 1 aliphatic rings. The molecule has 1 fully saturated rings. The Labute approximate surface area is 76.5 Å². The lowest BCUT2D eigenvalue weighted by atomic mass is 10.2. The van der Waals surface area contributed by atoms with Crippen LogP contribution in [-0.2, 0) is 9.53 Å². The van der Waals surface area contributed by atoms with E-state index < -0.39 is 0 Å². The van der Waals surface area contributed by atoms with Crippen molar-refractivity contribution in [3.63, 3.8) is 0 Å². The highest BCUT2D eigenvalue weighted by atomic mass is 32.2. The molecule has 12 heavy (non-hydrogen) atoms. The molecule has 2 unspecified atom stereocenters. The number of hydrogen-bond acceptors (Lipinski definition) is 4. The smallest absolute Gasteiger partial charge is 0.319 e. The molecule has 2 atom stereocenters. The van der Waals surface area contributed by atoms with Crippen LogP contribution in [0.15, 0.2) is 0 Å². The number of carbonyl (C=O) groups excluding carboxylic acids is 1. The van der Waals surface area contributed by atoms with Crippen LogP contribution in [0.5, 0.6) is 0 Å². The Morgan fingerprint density at radius 1 is 1.83 bits per heavy atom. The van der Waals surface area contributed by atoms with Gasteiger partial charge in [0.25, 0.3) is 0 Å². The number of rotatable bonds is 4. The standard InChI is InChI=1S/C8H14O3S/c1-6(4-9)5-12-7-2-3-11-8(7)10/h6-7,9H,2-5H2,1H3. The van der Waals surface area contributed by atoms with Crippen molar-refractivity contribution < 1.29 is 14.6 Å². The van der Waals surface area contributed by atoms with E-state index in [2.05, 4.69) is 0 Å². The summed E-state index contributed by atoms with van der Waals surface area (Å²) in [4.78, 5) is 11.0. The zero-order valence-corrected chi connectivity index (χ0v) is 7.97. The van der Waals surface area contributed by atoms with Crippen LogP contribution in [0, 0.1) is 5.92 Å². The number of hydrogen-bond donors (Lipinski definition) is 1. The second-order valence-corrected chi connectivity index (χ2v) is 4.30. The third-order valence-electron chi connectivity index (χ3n) is 1.78. The molecule has 1 heterocycles. The van der Waals surface area contributed by atoms with Crippen molar-refractivity contribution >= 4 is 17.7 Å². The first-order chi connectivity index (χ1) is 5.74. The number of cyclic esters (lactones) is 1. The molecule has 0 radical (unpaired) electrons. The molecule has 0 aromatic heterocycles. The van der Waals surface area contributed by atoms with Gasteiger partial charge in [-0.25, -0.2) is 0 Å². The maximum atomic E-state index is 11.0. The van der Waals surface area contributed by atoms with E-state index in [-0.39, 0.29) is 23.7 Å². The van der Waals surface area contributed by atoms with Crippen molar-refractivity contribution in [2.45, 2.75) is 18.6 Å². The quantitative estimate of drug-likeness (QED) is 0.662. The first kappa shape index (κ1) is 9.86. The van der Waals surface area contributed by atoms with Crippen molar-refractivity contribution in [1.29, 1.82) is 0 Å². The molecule has 0 aromatic carbocycles. The lowest BCUT2D eigenvalue weighted by Crippen LogP contribution is -2.13. The topological polar surface area (TPSA) is 46.5 Å². The third-order valence-corrected chi connectivity index (χ3v) is 3.37. The molecule has 0 spiro atoms. The number of aliphatic hydroxyl groups is 1. The van der Waals surface area contributed by atoms with Crippen molar-refractivity contribution in [3.05, 3.63) is 0 Å². The minimum absolute atomic E-state index is 0.0130. The van der Waals surface area contributed by atoms with Crippen LogP contribution < -0.4 is 0 Å². The highest BCUT2D eigenvalue weighted by molar-refractivity contribution is 8.00. The number of thioether (sulfide) groups is 1. The fourth-order valence-corrected chi connectivity index (χ4v) is 2.10. The van der Waals surface area contributed by atoms with Crippen LogP contribution >= 0.6 is 11.8 Å². The van der Waals surface area contributed by atoms with Crippen molar-refractivity contribution in [2.24, 2.45) is 5.92 Å². The zero-order chi connectivity index (χ0) is 8.97. The van der Waals surface area contributed by atoms with Gasteiger partial charge in [0.1, 0.15) is 5.25 Å². The van der Waals surface area contributed by atoms with Gasteiger partial charge >= 0.3 is 5.97 Å². The first-order valence-electron chi connectivity index (χ1n) is 4.13. The molecule has 70 valence electrons. The van der Waals surface area contributed by atoms with Crippen LogP contribution in [0.2, 0.25) is 0 Å². The average Bonchev–Trinajstić information content (AvgIpc) is 2.47. The monoisotopic (exact) mass is 190 g/mol. The maximum absolute atomic E-state index is 11.0. The van der Waals surface area contributed by atoms with Gasteiger partial charge in [-0.2, -0.15) is 0 Å². The molecule has 4 heteroatoms. The van der Waals surface area contributed by atoms with E-state index in [9.17, 15) is 4.79 Å². The Kier molecular flexibility index (Phi) is 3.88. The van der Waals surface area contributed by atoms with Crippen molar-refractivity contribution in [3.8, 4) is 0 Å². The van der Waals surface area contributed by atoms with Gasteiger partial charge in [0.15, 0.2) is 0 Å². The summed E-state index contributed by atoms with van der Waals surface area (Å²) in [6, 6.07) is 0. The van der Waals surface area contributed by atoms with Gasteiger partial charge in [-0.1, -0.05) is 6.92 Å². The van der Waals surface area contributed by atoms with Gasteiger partial charge in [0.2, 0.25) is 0 Å². The molecule has 0 saturated carbocycles. The summed E-state index contributed by atoms with van der Waals surface area (Å²) in [5, 5.41) is 8.76. The van der Waals surface area contributed by atoms with E-state index in [4.69, 9.17) is 9.84 Å². The summed E-state index contributed by atoms with van der Waals surface area (Å²) in [5.74, 6) is 1.00. The Balaban J connectivity index is 2.18. The van der Waals surface area contributed by atoms with Gasteiger partial charge in [-0.3, -0.25) is 4.79 Å². The fraction of sp³-hybridized carbons (Fsp3) is 0.875. The predicted octanol–water partition coefficient (Wildman–Crippen LogP) is 0.663. The second-order valence-electron chi connectivity index (χ2n) is 3.07. The Morgan fingerprint density at radius 2 is 2.58 bits per heavy atom. The molecule has 1 saturated heterocycles. The molecule has 0 aliphatic carbocycles. The van der Waals surface area contributed by atoms with E-state index in [0.29, 0.717) is 6.61 Å². The van der Waals surface area contributed by atoms with E-state index in [1.54, 1.807) is 11.8 Å². The van der Waals surface area contributed by atoms with Crippen LogP contribution in [0.3, 0.4) is 0 Å². The Hall–Kier alpha value is -0.220. The Bertz CT molecular complexity index is 160. The molecule has 1 N–H and O–H groups in total. The Morgan fingerprint density at radius 3 is 3.08 bits per heavy atom. The molecule has 1 rings (SSSR count). The maximum Gasteiger partial charge on any atom is 0.319 e. The molecule has 1 aliphatic heterocycles. The lowest BCUT2D eigenvalue weighted by molar-refractivity contribution is -0.137. The van der Waals surface area contributed by atoms with Gasteiger partial charge in [-0.15, -0.1) is 11.8 Å². The number of ether oxygens (including phenoxy) is 1. The van der Waals surface area contributed by atoms with Crippen LogP contribution in [0.1, 0.15) is 13.3 Å². The van der Waals surface area contributed by atoms with Crippen molar-refractivity contribution in [1.82, 2.24) is 0 Å². The summed E-state index contributed by atoms with van der Waals surface area (Å²) in [7, 11) is 0. The minimum atomic E-state index is -0.0925. The normalized spacial score (nSPS) is 25.5. The first-order valence-corrected chi connectivity index (χ1v) is 5.18. The summed E-state index contributed by atoms with van der Waals surface area (Å²) >= 11 is 1.59. The number of aliphatic hydroxyl groups excluding tert-OH is 1. The highest BCUT2D eigenvalue weighted by Gasteiger charge is 2.26. The largest absolute Gasteiger partial charge is 0.465 e. The van der Waals surface area contributed by atoms with Crippen molar-refractivity contribution in [2.75, 3.05) is 19.0 Å². The number of carbonyl (C=O) groups is 1. The lowest BCUT2D eigenvalue weighted by Gasteiger charge is -2.09. The van der Waals surface area contributed by atoms with Gasteiger partial charge in [0.05, 0.1) is 6.61 Å². The molecule has 0 aromatic rings. The molecular weight excluding hydrogens is 176 g/mol. The summed E-state index contributed by atoms with van der Waals surface area (Å²) in [6.07, 6.45) is 0.821. The van der Waals surface area contributed by atoms with Gasteiger partial charge in [0, 0.05) is 13.0 Å². The summed E-state index contributed by atoms with van der Waals surface area (Å²) < 4.78 is 4.81. The van der Waals surface area contributed by atoms with Gasteiger partial charge in [-0.05, 0) is 11.7 Å². The second kappa shape index (κ2) is 4.72. The van der Waals surface area contributed by atoms with E-state index in [1.807, 2.05) is 6.92 Å².